The van der Waals surface area contributed by atoms with Gasteiger partial charge < -0.3 is 23.4 Å². The van der Waals surface area contributed by atoms with Gasteiger partial charge in [0.05, 0.1) is 17.1 Å². The second-order valence-corrected chi connectivity index (χ2v) is 16.8. The Morgan fingerprint density at radius 3 is 1.45 bits per heavy atom. The van der Waals surface area contributed by atoms with Gasteiger partial charge in [-0.25, -0.2) is 0 Å². The van der Waals surface area contributed by atoms with Gasteiger partial charge >= 0.3 is 0 Å². The summed E-state index contributed by atoms with van der Waals surface area (Å²) in [5.41, 5.74) is 11.8. The molecule has 5 nitrogen and oxygen atoms in total. The van der Waals surface area contributed by atoms with Gasteiger partial charge in [0.2, 0.25) is 0 Å². The van der Waals surface area contributed by atoms with Gasteiger partial charge in [0.15, 0.2) is 11.2 Å². The first-order valence-electron chi connectivity index (χ1n) is 22.0. The van der Waals surface area contributed by atoms with E-state index in [0.717, 1.165) is 122 Å². The number of anilines is 6. The van der Waals surface area contributed by atoms with Crippen molar-refractivity contribution in [1.29, 1.82) is 0 Å². The topological polar surface area (TPSA) is 42.0 Å². The van der Waals surface area contributed by atoms with Crippen LogP contribution in [0.15, 0.2) is 227 Å². The van der Waals surface area contributed by atoms with Crippen LogP contribution in [0.2, 0.25) is 0 Å². The van der Waals surface area contributed by atoms with E-state index in [9.17, 15) is 0 Å². The van der Waals surface area contributed by atoms with Crippen LogP contribution in [-0.2, 0) is 0 Å². The maximum atomic E-state index is 7.01. The molecule has 5 heteroatoms. The van der Waals surface area contributed by atoms with Crippen LogP contribution in [0, 0.1) is 0 Å². The van der Waals surface area contributed by atoms with E-state index in [-0.39, 0.29) is 0 Å². The summed E-state index contributed by atoms with van der Waals surface area (Å²) in [6.07, 6.45) is 0. The molecule has 0 bridgehead atoms. The zero-order chi connectivity index (χ0) is 42.6. The molecule has 0 N–H and O–H groups in total. The van der Waals surface area contributed by atoms with E-state index in [0.29, 0.717) is 0 Å². The zero-order valence-corrected chi connectivity index (χ0v) is 34.9. The minimum absolute atomic E-state index is 0.832. The maximum Gasteiger partial charge on any atom is 0.159 e. The molecule has 65 heavy (non-hydrogen) atoms. The van der Waals surface area contributed by atoms with E-state index in [4.69, 9.17) is 13.6 Å². The fourth-order valence-corrected chi connectivity index (χ4v) is 10.3. The highest BCUT2D eigenvalue weighted by Gasteiger charge is 2.26. The fraction of sp³-hybridized carbons (Fsp3) is 0. The molecule has 0 aliphatic carbocycles. The Morgan fingerprint density at radius 1 is 0.308 bits per heavy atom. The summed E-state index contributed by atoms with van der Waals surface area (Å²) in [7, 11) is 0. The Labute approximate surface area is 373 Å². The Balaban J connectivity index is 0.911. The van der Waals surface area contributed by atoms with Crippen molar-refractivity contribution in [2.45, 2.75) is 0 Å². The molecule has 0 atom stereocenters. The van der Waals surface area contributed by atoms with Crippen molar-refractivity contribution in [2.24, 2.45) is 0 Å². The lowest BCUT2D eigenvalue weighted by atomic mass is 9.88. The average molecular weight is 833 g/mol. The number of fused-ring (bicyclic) bond motifs is 6. The Kier molecular flexibility index (Phi) is 7.62. The summed E-state index contributed by atoms with van der Waals surface area (Å²) >= 11 is 0. The molecule has 1 aliphatic rings. The molecular weight excluding hydrogens is 797 g/mol. The van der Waals surface area contributed by atoms with Gasteiger partial charge in [0, 0.05) is 60.8 Å². The molecule has 304 valence electrons. The lowest BCUT2D eigenvalue weighted by Crippen LogP contribution is -2.10. The first-order chi connectivity index (χ1) is 32.2. The van der Waals surface area contributed by atoms with Crippen LogP contribution in [0.5, 0.6) is 11.5 Å². The third-order valence-corrected chi connectivity index (χ3v) is 13.2. The number of ether oxygens (including phenoxy) is 1. The van der Waals surface area contributed by atoms with Crippen LogP contribution >= 0.6 is 0 Å². The van der Waals surface area contributed by atoms with E-state index >= 15 is 0 Å². The molecule has 0 radical (unpaired) electrons. The molecule has 3 heterocycles. The first-order valence-corrected chi connectivity index (χ1v) is 22.0. The number of nitrogens with zero attached hydrogens (tertiary/aromatic N) is 2. The van der Waals surface area contributed by atoms with Gasteiger partial charge in [-0.3, -0.25) is 0 Å². The number of furan rings is 2. The highest BCUT2D eigenvalue weighted by atomic mass is 16.5. The lowest BCUT2D eigenvalue weighted by Gasteiger charge is -2.28. The number of hydrogen-bond donors (Lipinski definition) is 0. The Morgan fingerprint density at radius 2 is 0.815 bits per heavy atom. The summed E-state index contributed by atoms with van der Waals surface area (Å²) in [6.45, 7) is 0. The predicted molar refractivity (Wildman–Crippen MR) is 268 cm³/mol. The van der Waals surface area contributed by atoms with E-state index in [1.165, 1.54) is 10.8 Å². The minimum Gasteiger partial charge on any atom is -0.456 e. The van der Waals surface area contributed by atoms with Crippen molar-refractivity contribution in [2.75, 3.05) is 9.80 Å². The monoisotopic (exact) mass is 832 g/mol. The van der Waals surface area contributed by atoms with Gasteiger partial charge in [0.25, 0.3) is 0 Å². The van der Waals surface area contributed by atoms with Crippen molar-refractivity contribution < 1.29 is 13.6 Å². The number of hydrogen-bond acceptors (Lipinski definition) is 5. The van der Waals surface area contributed by atoms with Crippen LogP contribution in [0.3, 0.4) is 0 Å². The summed E-state index contributed by atoms with van der Waals surface area (Å²) in [5.74, 6) is 1.68. The average Bonchev–Trinajstić information content (AvgIpc) is 3.95. The van der Waals surface area contributed by atoms with Gasteiger partial charge in [0.1, 0.15) is 22.7 Å². The van der Waals surface area contributed by atoms with Crippen LogP contribution in [0.25, 0.3) is 87.3 Å². The molecule has 0 saturated heterocycles. The maximum absolute atomic E-state index is 7.01. The molecule has 0 spiro atoms. The molecule has 14 rings (SSSR count). The quantitative estimate of drug-likeness (QED) is 0.150. The van der Waals surface area contributed by atoms with Crippen LogP contribution in [0.4, 0.5) is 34.1 Å². The standard InChI is InChI=1S/C60H36N2O3/c1-3-14-40(15-4-1)61(50-23-11-21-47-44-18-7-9-25-52(44)64-59(47)50)42-32-30-37(31-33-42)49-35-39-29-28-38-34-43(36-55-56(38)57(39)58-46(49)20-13-27-54(58)63-55)62(41-16-5-2-6-17-41)51-24-12-22-48-45-19-8-10-26-53(45)65-60(48)51/h1-36H. The molecule has 11 aromatic carbocycles. The van der Waals surface area contributed by atoms with Crippen molar-refractivity contribution in [3.05, 3.63) is 218 Å². The molecule has 0 unspecified atom stereocenters. The molecule has 1 aliphatic heterocycles. The van der Waals surface area contributed by atoms with Crippen LogP contribution < -0.4 is 14.5 Å². The first kappa shape index (κ1) is 35.8. The van der Waals surface area contributed by atoms with E-state index in [2.05, 4.69) is 204 Å². The SMILES string of the molecule is c1ccc(N(c2ccc(-c3cc4ccc5cc(N(c6ccccc6)c6cccc7c6oc6ccccc67)cc6c5c4c4c(cccc34)O6)cc2)c2cccc3c2oc2ccccc23)cc1. The van der Waals surface area contributed by atoms with Gasteiger partial charge in [-0.2, -0.15) is 0 Å². The van der Waals surface area contributed by atoms with Gasteiger partial charge in [-0.05, 0) is 106 Å². The highest BCUT2D eigenvalue weighted by Crippen LogP contribution is 2.52. The van der Waals surface area contributed by atoms with Gasteiger partial charge in [-0.1, -0.05) is 133 Å². The summed E-state index contributed by atoms with van der Waals surface area (Å²) in [5, 5.41) is 11.3. The van der Waals surface area contributed by atoms with Crippen molar-refractivity contribution in [3.8, 4) is 22.6 Å². The van der Waals surface area contributed by atoms with Gasteiger partial charge in [-0.15, -0.1) is 0 Å². The second kappa shape index (κ2) is 13.9. The third kappa shape index (κ3) is 5.39. The molecule has 0 fully saturated rings. The largest absolute Gasteiger partial charge is 0.456 e. The summed E-state index contributed by atoms with van der Waals surface area (Å²) in [4.78, 5) is 4.57. The van der Waals surface area contributed by atoms with Crippen molar-refractivity contribution in [3.63, 3.8) is 0 Å². The highest BCUT2D eigenvalue weighted by molar-refractivity contribution is 6.28. The van der Waals surface area contributed by atoms with E-state index in [1.54, 1.807) is 0 Å². The normalized spacial score (nSPS) is 12.1. The smallest absolute Gasteiger partial charge is 0.159 e. The third-order valence-electron chi connectivity index (χ3n) is 13.2. The molecule has 2 aromatic heterocycles. The molecule has 0 amide bonds. The molecular formula is C60H36N2O3. The fourth-order valence-electron chi connectivity index (χ4n) is 10.3. The summed E-state index contributed by atoms with van der Waals surface area (Å²) in [6, 6.07) is 77.0. The van der Waals surface area contributed by atoms with Crippen molar-refractivity contribution in [1.82, 2.24) is 0 Å². The van der Waals surface area contributed by atoms with Crippen LogP contribution in [-0.4, -0.2) is 0 Å². The van der Waals surface area contributed by atoms with E-state index < -0.39 is 0 Å². The minimum atomic E-state index is 0.832. The van der Waals surface area contributed by atoms with Crippen molar-refractivity contribution >= 4 is 110 Å². The Hall–Kier alpha value is -8.80. The zero-order valence-electron chi connectivity index (χ0n) is 34.9. The molecule has 0 saturated carbocycles. The predicted octanol–water partition coefficient (Wildman–Crippen LogP) is 17.7. The molecule has 13 aromatic rings. The van der Waals surface area contributed by atoms with E-state index in [1.807, 2.05) is 24.3 Å². The van der Waals surface area contributed by atoms with Crippen LogP contribution in [0.1, 0.15) is 0 Å². The number of para-hydroxylation sites is 6. The lowest BCUT2D eigenvalue weighted by molar-refractivity contribution is 0.493. The number of benzene rings is 11. The summed E-state index contributed by atoms with van der Waals surface area (Å²) < 4.78 is 20.2. The second-order valence-electron chi connectivity index (χ2n) is 16.8. The number of rotatable bonds is 7. The Bertz CT molecular complexity index is 4040.